The van der Waals surface area contributed by atoms with E-state index in [0.717, 1.165) is 49.8 Å². The number of esters is 1. The lowest BCUT2D eigenvalue weighted by atomic mass is 9.90. The summed E-state index contributed by atoms with van der Waals surface area (Å²) in [5.41, 5.74) is 9.11. The van der Waals surface area contributed by atoms with E-state index in [1.54, 1.807) is 60.7 Å². The van der Waals surface area contributed by atoms with E-state index in [4.69, 9.17) is 15.2 Å². The molecule has 0 saturated carbocycles. The lowest BCUT2D eigenvalue weighted by molar-refractivity contribution is -0.384. The van der Waals surface area contributed by atoms with Crippen LogP contribution in [0.5, 0.6) is 11.5 Å². The Labute approximate surface area is 244 Å². The van der Waals surface area contributed by atoms with E-state index in [2.05, 4.69) is 20.8 Å². The number of anilines is 1. The van der Waals surface area contributed by atoms with Crippen molar-refractivity contribution in [3.05, 3.63) is 81.9 Å². The number of ether oxygens (including phenoxy) is 2. The molecule has 7 heteroatoms. The summed E-state index contributed by atoms with van der Waals surface area (Å²) in [6, 6.07) is 16.9. The van der Waals surface area contributed by atoms with Crippen molar-refractivity contribution in [2.45, 2.75) is 90.9 Å². The van der Waals surface area contributed by atoms with Crippen molar-refractivity contribution < 1.29 is 19.2 Å². The molecule has 7 nitrogen and oxygen atoms in total. The molecule has 0 saturated heterocycles. The molecular weight excluding hydrogens is 516 g/mol. The molecule has 3 rings (SSSR count). The van der Waals surface area contributed by atoms with Gasteiger partial charge in [-0.15, -0.1) is 0 Å². The third kappa shape index (κ3) is 9.62. The monoisotopic (exact) mass is 560 g/mol. The largest absolute Gasteiger partial charge is 0.494 e. The lowest BCUT2D eigenvalue weighted by Gasteiger charge is -2.16. The number of hydrogen-bond donors (Lipinski definition) is 1. The molecule has 3 aromatic rings. The standard InChI is InChI=1S/C34H44N2O5/c1-4-6-8-10-12-22-40-28-18-20-29(21-19-28)41-34(37)27-16-14-26(15-17-27)31-23-32(35)30(24-33(31)36(38)39)25(3)13-11-9-7-5-2/h14-21,23-25H,4-13,22,35H2,1-3H3/t25-/m1/s1. The number of rotatable bonds is 17. The third-order valence-electron chi connectivity index (χ3n) is 7.40. The molecule has 0 aromatic heterocycles. The first-order valence-electron chi connectivity index (χ1n) is 15.0. The molecule has 0 heterocycles. The van der Waals surface area contributed by atoms with E-state index in [9.17, 15) is 14.9 Å². The Hall–Kier alpha value is -3.87. The summed E-state index contributed by atoms with van der Waals surface area (Å²) >= 11 is 0. The summed E-state index contributed by atoms with van der Waals surface area (Å²) in [7, 11) is 0. The van der Waals surface area contributed by atoms with Gasteiger partial charge in [0.1, 0.15) is 11.5 Å². The molecule has 0 bridgehead atoms. The van der Waals surface area contributed by atoms with Crippen LogP contribution in [-0.4, -0.2) is 17.5 Å². The van der Waals surface area contributed by atoms with Gasteiger partial charge in [0.2, 0.25) is 0 Å². The number of unbranched alkanes of at least 4 members (excludes halogenated alkanes) is 7. The smallest absolute Gasteiger partial charge is 0.343 e. The highest BCUT2D eigenvalue weighted by Gasteiger charge is 2.21. The van der Waals surface area contributed by atoms with Gasteiger partial charge in [-0.25, -0.2) is 4.79 Å². The number of nitrogens with two attached hydrogens (primary N) is 1. The zero-order chi connectivity index (χ0) is 29.6. The normalized spacial score (nSPS) is 11.7. The fourth-order valence-corrected chi connectivity index (χ4v) is 4.91. The van der Waals surface area contributed by atoms with Crippen LogP contribution in [0, 0.1) is 10.1 Å². The van der Waals surface area contributed by atoms with E-state index < -0.39 is 5.97 Å². The molecule has 0 aliphatic heterocycles. The molecule has 0 fully saturated rings. The van der Waals surface area contributed by atoms with E-state index in [-0.39, 0.29) is 16.5 Å². The first-order chi connectivity index (χ1) is 19.8. The second kappa shape index (κ2) is 16.4. The fraction of sp³-hybridized carbons (Fsp3) is 0.441. The number of nitrogens with zero attached hydrogens (tertiary/aromatic N) is 1. The number of benzene rings is 3. The molecule has 2 N–H and O–H groups in total. The minimum absolute atomic E-state index is 0.00760. The molecule has 41 heavy (non-hydrogen) atoms. The molecule has 3 aromatic carbocycles. The van der Waals surface area contributed by atoms with Crippen molar-refractivity contribution in [2.75, 3.05) is 12.3 Å². The molecule has 0 aliphatic rings. The van der Waals surface area contributed by atoms with Gasteiger partial charge in [-0.1, -0.05) is 84.3 Å². The molecule has 220 valence electrons. The summed E-state index contributed by atoms with van der Waals surface area (Å²) in [4.78, 5) is 24.3. The Morgan fingerprint density at radius 2 is 1.46 bits per heavy atom. The van der Waals surface area contributed by atoms with Gasteiger partial charge in [0.25, 0.3) is 5.69 Å². The van der Waals surface area contributed by atoms with E-state index >= 15 is 0 Å². The second-order valence-electron chi connectivity index (χ2n) is 10.7. The summed E-state index contributed by atoms with van der Waals surface area (Å²) in [5.74, 6) is 0.773. The number of nitro groups is 1. The summed E-state index contributed by atoms with van der Waals surface area (Å²) < 4.78 is 11.3. The minimum atomic E-state index is -0.512. The van der Waals surface area contributed by atoms with Gasteiger partial charge < -0.3 is 15.2 Å². The van der Waals surface area contributed by atoms with Gasteiger partial charge in [-0.2, -0.15) is 0 Å². The van der Waals surface area contributed by atoms with E-state index in [0.29, 0.717) is 34.7 Å². The highest BCUT2D eigenvalue weighted by atomic mass is 16.6. The van der Waals surface area contributed by atoms with Crippen molar-refractivity contribution in [3.63, 3.8) is 0 Å². The molecular formula is C34H44N2O5. The van der Waals surface area contributed by atoms with Crippen LogP contribution in [0.4, 0.5) is 11.4 Å². The highest BCUT2D eigenvalue weighted by molar-refractivity contribution is 5.92. The highest BCUT2D eigenvalue weighted by Crippen LogP contribution is 2.38. The zero-order valence-corrected chi connectivity index (χ0v) is 24.7. The minimum Gasteiger partial charge on any atom is -0.494 e. The summed E-state index contributed by atoms with van der Waals surface area (Å²) in [6.07, 6.45) is 11.4. The van der Waals surface area contributed by atoms with Crippen molar-refractivity contribution in [3.8, 4) is 22.6 Å². The Kier molecular flexibility index (Phi) is 12.7. The quantitative estimate of drug-likeness (QED) is 0.0440. The van der Waals surface area contributed by atoms with Crippen LogP contribution in [0.25, 0.3) is 11.1 Å². The summed E-state index contributed by atoms with van der Waals surface area (Å²) in [6.45, 7) is 7.10. The molecule has 0 radical (unpaired) electrons. The molecule has 0 unspecified atom stereocenters. The number of carbonyl (C=O) groups is 1. The van der Waals surface area contributed by atoms with Gasteiger partial charge in [0.05, 0.1) is 22.7 Å². The van der Waals surface area contributed by atoms with Crippen LogP contribution in [0.3, 0.4) is 0 Å². The van der Waals surface area contributed by atoms with Crippen molar-refractivity contribution in [1.82, 2.24) is 0 Å². The van der Waals surface area contributed by atoms with Gasteiger partial charge in [-0.3, -0.25) is 10.1 Å². The number of nitro benzene ring substituents is 1. The molecule has 1 atom stereocenters. The third-order valence-corrected chi connectivity index (χ3v) is 7.40. The lowest BCUT2D eigenvalue weighted by Crippen LogP contribution is -2.08. The second-order valence-corrected chi connectivity index (χ2v) is 10.7. The fourth-order valence-electron chi connectivity index (χ4n) is 4.91. The van der Waals surface area contributed by atoms with Crippen molar-refractivity contribution >= 4 is 17.3 Å². The van der Waals surface area contributed by atoms with Crippen molar-refractivity contribution in [2.24, 2.45) is 0 Å². The Morgan fingerprint density at radius 3 is 2.10 bits per heavy atom. The number of nitrogen functional groups attached to an aromatic ring is 1. The van der Waals surface area contributed by atoms with Crippen LogP contribution in [-0.2, 0) is 0 Å². The van der Waals surface area contributed by atoms with E-state index in [1.165, 1.54) is 25.7 Å². The first kappa shape index (κ1) is 31.7. The van der Waals surface area contributed by atoms with Crippen LogP contribution < -0.4 is 15.2 Å². The Bertz CT molecular complexity index is 1260. The molecule has 0 spiro atoms. The van der Waals surface area contributed by atoms with Crippen LogP contribution >= 0.6 is 0 Å². The van der Waals surface area contributed by atoms with Gasteiger partial charge in [-0.05, 0) is 72.4 Å². The average Bonchev–Trinajstić information content (AvgIpc) is 2.97. The van der Waals surface area contributed by atoms with Gasteiger partial charge >= 0.3 is 5.97 Å². The van der Waals surface area contributed by atoms with Crippen molar-refractivity contribution in [1.29, 1.82) is 0 Å². The Balaban J connectivity index is 1.64. The first-order valence-corrected chi connectivity index (χ1v) is 15.0. The number of carbonyl (C=O) groups excluding carboxylic acids is 1. The topological polar surface area (TPSA) is 105 Å². The van der Waals surface area contributed by atoms with Gasteiger partial charge in [0.15, 0.2) is 0 Å². The molecule has 0 aliphatic carbocycles. The Morgan fingerprint density at radius 1 is 0.854 bits per heavy atom. The van der Waals surface area contributed by atoms with Crippen LogP contribution in [0.2, 0.25) is 0 Å². The van der Waals surface area contributed by atoms with Crippen LogP contribution in [0.1, 0.15) is 107 Å². The van der Waals surface area contributed by atoms with E-state index in [1.807, 2.05) is 0 Å². The zero-order valence-electron chi connectivity index (χ0n) is 24.7. The van der Waals surface area contributed by atoms with Gasteiger partial charge in [0, 0.05) is 11.8 Å². The maximum absolute atomic E-state index is 12.7. The summed E-state index contributed by atoms with van der Waals surface area (Å²) in [5, 5.41) is 12.0. The predicted molar refractivity (Wildman–Crippen MR) is 166 cm³/mol. The maximum atomic E-state index is 12.7. The predicted octanol–water partition coefficient (Wildman–Crippen LogP) is 9.49. The van der Waals surface area contributed by atoms with Crippen LogP contribution in [0.15, 0.2) is 60.7 Å². The SMILES string of the molecule is CCCCCCCOc1ccc(OC(=O)c2ccc(-c3cc(N)c([C@H](C)CCCCCC)cc3[N+](=O)[O-])cc2)cc1. The maximum Gasteiger partial charge on any atom is 0.343 e. The number of hydrogen-bond acceptors (Lipinski definition) is 6. The molecule has 0 amide bonds. The average molecular weight is 561 g/mol.